The highest BCUT2D eigenvalue weighted by Crippen LogP contribution is 2.30. The molecule has 204 valence electrons. The second-order valence-corrected chi connectivity index (χ2v) is 8.19. The third-order valence-electron chi connectivity index (χ3n) is 5.00. The SMILES string of the molecule is CC(=O)OC[C@H]1O[C@H](OCCCC(=O)OCc2ccccc2)[C@@H](OC(C)=O)[C@@H](OC(C)=O)[C@@H]1OC(C)=O. The minimum atomic E-state index is -1.32. The molecule has 0 amide bonds. The first kappa shape index (κ1) is 29.7. The molecule has 1 aromatic rings. The van der Waals surface area contributed by atoms with E-state index in [1.807, 2.05) is 30.3 Å². The lowest BCUT2D eigenvalue weighted by molar-refractivity contribution is -0.308. The molecule has 0 bridgehead atoms. The molecule has 1 aliphatic rings. The zero-order valence-electron chi connectivity index (χ0n) is 21.2. The maximum atomic E-state index is 12.1. The van der Waals surface area contributed by atoms with E-state index in [2.05, 4.69) is 0 Å². The van der Waals surface area contributed by atoms with Gasteiger partial charge in [0, 0.05) is 34.1 Å². The fourth-order valence-corrected chi connectivity index (χ4v) is 3.55. The Morgan fingerprint density at radius 1 is 0.757 bits per heavy atom. The highest BCUT2D eigenvalue weighted by molar-refractivity contribution is 5.69. The summed E-state index contributed by atoms with van der Waals surface area (Å²) in [4.78, 5) is 58.8. The van der Waals surface area contributed by atoms with E-state index in [0.717, 1.165) is 26.3 Å². The molecular formula is C25H32O12. The molecule has 12 nitrogen and oxygen atoms in total. The molecule has 1 fully saturated rings. The van der Waals surface area contributed by atoms with Crippen LogP contribution in [0.25, 0.3) is 0 Å². The van der Waals surface area contributed by atoms with E-state index < -0.39 is 60.6 Å². The second kappa shape index (κ2) is 14.9. The third kappa shape index (κ3) is 10.6. The molecule has 2 rings (SSSR count). The molecule has 0 radical (unpaired) electrons. The highest BCUT2D eigenvalue weighted by atomic mass is 16.7. The van der Waals surface area contributed by atoms with E-state index in [0.29, 0.717) is 0 Å². The molecule has 1 aromatic carbocycles. The monoisotopic (exact) mass is 524 g/mol. The van der Waals surface area contributed by atoms with Crippen molar-refractivity contribution in [1.29, 1.82) is 0 Å². The molecule has 0 aliphatic carbocycles. The smallest absolute Gasteiger partial charge is 0.306 e. The van der Waals surface area contributed by atoms with Gasteiger partial charge in [0.2, 0.25) is 0 Å². The van der Waals surface area contributed by atoms with Crippen molar-refractivity contribution in [2.75, 3.05) is 13.2 Å². The van der Waals surface area contributed by atoms with Gasteiger partial charge in [-0.15, -0.1) is 0 Å². The molecule has 5 atom stereocenters. The summed E-state index contributed by atoms with van der Waals surface area (Å²) in [5.41, 5.74) is 0.851. The summed E-state index contributed by atoms with van der Waals surface area (Å²) in [6.07, 6.45) is -6.02. The summed E-state index contributed by atoms with van der Waals surface area (Å²) in [6, 6.07) is 9.20. The number of benzene rings is 1. The average molecular weight is 525 g/mol. The van der Waals surface area contributed by atoms with Crippen molar-refractivity contribution >= 4 is 29.8 Å². The number of ether oxygens (including phenoxy) is 7. The normalized spacial score (nSPS) is 22.9. The average Bonchev–Trinajstić information content (AvgIpc) is 2.82. The number of hydrogen-bond donors (Lipinski definition) is 0. The van der Waals surface area contributed by atoms with Gasteiger partial charge in [0.1, 0.15) is 19.3 Å². The second-order valence-electron chi connectivity index (χ2n) is 8.19. The molecule has 12 heteroatoms. The molecule has 1 heterocycles. The molecule has 37 heavy (non-hydrogen) atoms. The van der Waals surface area contributed by atoms with Crippen LogP contribution >= 0.6 is 0 Å². The van der Waals surface area contributed by atoms with Gasteiger partial charge >= 0.3 is 29.8 Å². The van der Waals surface area contributed by atoms with Crippen molar-refractivity contribution < 1.29 is 57.1 Å². The van der Waals surface area contributed by atoms with Crippen molar-refractivity contribution in [1.82, 2.24) is 0 Å². The summed E-state index contributed by atoms with van der Waals surface area (Å²) in [5.74, 6) is -3.26. The van der Waals surface area contributed by atoms with Gasteiger partial charge in [0.05, 0.1) is 6.61 Å². The lowest BCUT2D eigenvalue weighted by Crippen LogP contribution is -2.63. The Kier molecular flexibility index (Phi) is 12.0. The Bertz CT molecular complexity index is 931. The van der Waals surface area contributed by atoms with Gasteiger partial charge in [-0.1, -0.05) is 30.3 Å². The lowest BCUT2D eigenvalue weighted by atomic mass is 9.98. The van der Waals surface area contributed by atoms with Gasteiger partial charge in [-0.2, -0.15) is 0 Å². The number of rotatable bonds is 12. The van der Waals surface area contributed by atoms with Crippen LogP contribution in [0.4, 0.5) is 0 Å². The molecule has 0 spiro atoms. The van der Waals surface area contributed by atoms with Crippen LogP contribution in [0.15, 0.2) is 30.3 Å². The Morgan fingerprint density at radius 2 is 1.35 bits per heavy atom. The standard InChI is InChI=1S/C25H32O12/c1-15(26)32-14-20-22(34-16(2)27)23(35-17(3)28)24(36-18(4)29)25(37-20)31-12-8-11-21(30)33-13-19-9-6-5-7-10-19/h5-7,9-10,20,22-25H,8,11-14H2,1-4H3/t20-,22-,23+,24+,25+/m1/s1. The van der Waals surface area contributed by atoms with Crippen molar-refractivity contribution in [3.63, 3.8) is 0 Å². The van der Waals surface area contributed by atoms with E-state index in [-0.39, 0.29) is 32.7 Å². The van der Waals surface area contributed by atoms with Gasteiger partial charge < -0.3 is 33.2 Å². The van der Waals surface area contributed by atoms with Crippen LogP contribution in [0, 0.1) is 0 Å². The molecule has 0 N–H and O–H groups in total. The first-order valence-corrected chi connectivity index (χ1v) is 11.7. The van der Waals surface area contributed by atoms with Crippen LogP contribution < -0.4 is 0 Å². The van der Waals surface area contributed by atoms with Crippen molar-refractivity contribution in [3.05, 3.63) is 35.9 Å². The van der Waals surface area contributed by atoms with Gasteiger partial charge in [0.15, 0.2) is 24.6 Å². The zero-order chi connectivity index (χ0) is 27.4. The van der Waals surface area contributed by atoms with E-state index >= 15 is 0 Å². The number of hydrogen-bond acceptors (Lipinski definition) is 12. The van der Waals surface area contributed by atoms with Gasteiger partial charge in [-0.3, -0.25) is 24.0 Å². The minimum Gasteiger partial charge on any atom is -0.463 e. The number of carbonyl (C=O) groups is 5. The summed E-state index contributed by atoms with van der Waals surface area (Å²) < 4.78 is 37.7. The van der Waals surface area contributed by atoms with Crippen LogP contribution in [-0.4, -0.2) is 73.8 Å². The maximum Gasteiger partial charge on any atom is 0.306 e. The topological polar surface area (TPSA) is 150 Å². The van der Waals surface area contributed by atoms with Crippen molar-refractivity contribution in [2.45, 2.75) is 77.8 Å². The predicted molar refractivity (Wildman–Crippen MR) is 123 cm³/mol. The van der Waals surface area contributed by atoms with Crippen LogP contribution in [0.3, 0.4) is 0 Å². The number of esters is 5. The van der Waals surface area contributed by atoms with E-state index in [9.17, 15) is 24.0 Å². The molecule has 1 aliphatic heterocycles. The predicted octanol–water partition coefficient (Wildman–Crippen LogP) is 1.61. The molecule has 0 unspecified atom stereocenters. The Labute approximate surface area is 214 Å². The first-order valence-electron chi connectivity index (χ1n) is 11.7. The van der Waals surface area contributed by atoms with Crippen LogP contribution in [-0.2, 0) is 63.7 Å². The largest absolute Gasteiger partial charge is 0.463 e. The van der Waals surface area contributed by atoms with Crippen LogP contribution in [0.5, 0.6) is 0 Å². The third-order valence-corrected chi connectivity index (χ3v) is 5.00. The Hall–Kier alpha value is -3.51. The molecule has 0 saturated carbocycles. The van der Waals surface area contributed by atoms with Crippen LogP contribution in [0.2, 0.25) is 0 Å². The molecule has 1 saturated heterocycles. The van der Waals surface area contributed by atoms with Crippen molar-refractivity contribution in [2.24, 2.45) is 0 Å². The van der Waals surface area contributed by atoms with Gasteiger partial charge in [0.25, 0.3) is 0 Å². The van der Waals surface area contributed by atoms with Crippen molar-refractivity contribution in [3.8, 4) is 0 Å². The highest BCUT2D eigenvalue weighted by Gasteiger charge is 2.52. The van der Waals surface area contributed by atoms with E-state index in [1.165, 1.54) is 6.92 Å². The van der Waals surface area contributed by atoms with E-state index in [4.69, 9.17) is 33.2 Å². The van der Waals surface area contributed by atoms with Gasteiger partial charge in [-0.05, 0) is 12.0 Å². The fourth-order valence-electron chi connectivity index (χ4n) is 3.55. The Morgan fingerprint density at radius 3 is 1.95 bits per heavy atom. The fraction of sp³-hybridized carbons (Fsp3) is 0.560. The lowest BCUT2D eigenvalue weighted by Gasteiger charge is -2.44. The minimum absolute atomic E-state index is 0.0197. The van der Waals surface area contributed by atoms with Gasteiger partial charge in [-0.25, -0.2) is 0 Å². The Balaban J connectivity index is 2.07. The molecule has 0 aromatic heterocycles. The quantitative estimate of drug-likeness (QED) is 0.222. The maximum absolute atomic E-state index is 12.1. The summed E-state index contributed by atoms with van der Waals surface area (Å²) in [7, 11) is 0. The first-order chi connectivity index (χ1) is 17.6. The summed E-state index contributed by atoms with van der Waals surface area (Å²) in [6.45, 7) is 4.34. The van der Waals surface area contributed by atoms with Crippen LogP contribution in [0.1, 0.15) is 46.1 Å². The van der Waals surface area contributed by atoms with E-state index in [1.54, 1.807) is 0 Å². The molecular weight excluding hydrogens is 492 g/mol. The number of carbonyl (C=O) groups excluding carboxylic acids is 5. The summed E-state index contributed by atoms with van der Waals surface area (Å²) >= 11 is 0. The zero-order valence-corrected chi connectivity index (χ0v) is 21.2. The summed E-state index contributed by atoms with van der Waals surface area (Å²) in [5, 5.41) is 0.